The molecule has 1 atom stereocenters. The fourth-order valence-electron chi connectivity index (χ4n) is 4.67. The molecule has 1 aliphatic heterocycles. The fourth-order valence-corrected chi connectivity index (χ4v) is 5.61. The summed E-state index contributed by atoms with van der Waals surface area (Å²) < 4.78 is 15.7. The lowest BCUT2D eigenvalue weighted by molar-refractivity contribution is 0.187. The number of aryl methyl sites for hydroxylation is 2. The zero-order valence-corrected chi connectivity index (χ0v) is 22.0. The molecule has 184 valence electrons. The topological polar surface area (TPSA) is 27.5 Å². The highest BCUT2D eigenvalue weighted by molar-refractivity contribution is 7.10. The molecule has 0 N–H and O–H groups in total. The minimum Gasteiger partial charge on any atom is -0.354 e. The molecule has 1 fully saturated rings. The first-order chi connectivity index (χ1) is 16.4. The van der Waals surface area contributed by atoms with E-state index in [-0.39, 0.29) is 5.82 Å². The lowest BCUT2D eigenvalue weighted by Crippen LogP contribution is -2.47. The maximum atomic E-state index is 13.7. The van der Waals surface area contributed by atoms with Gasteiger partial charge in [-0.05, 0) is 75.0 Å². The zero-order chi connectivity index (χ0) is 24.2. The van der Waals surface area contributed by atoms with Crippen molar-refractivity contribution in [1.82, 2.24) is 19.6 Å². The molecule has 3 heterocycles. The zero-order valence-electron chi connectivity index (χ0n) is 21.2. The number of halogens is 1. The Balaban J connectivity index is 1.72. The van der Waals surface area contributed by atoms with Crippen LogP contribution in [0.4, 0.5) is 10.2 Å². The maximum Gasteiger partial charge on any atom is 0.137 e. The monoisotopic (exact) mass is 483 g/mol. The predicted molar refractivity (Wildman–Crippen MR) is 141 cm³/mol. The Hall–Kier alpha value is -2.22. The Morgan fingerprint density at radius 1 is 1.03 bits per heavy atom. The molecule has 2 aromatic heterocycles. The first kappa shape index (κ1) is 24.9. The van der Waals surface area contributed by atoms with Crippen molar-refractivity contribution in [2.45, 2.75) is 60.2 Å². The molecule has 1 aromatic carbocycles. The van der Waals surface area contributed by atoms with Crippen LogP contribution in [0, 0.1) is 19.7 Å². The van der Waals surface area contributed by atoms with Crippen molar-refractivity contribution >= 4 is 17.2 Å². The summed E-state index contributed by atoms with van der Waals surface area (Å²) in [7, 11) is 0. The molecule has 1 saturated heterocycles. The number of hydrogen-bond donors (Lipinski definition) is 0. The summed E-state index contributed by atoms with van der Waals surface area (Å²) in [6, 6.07) is 9.38. The smallest absolute Gasteiger partial charge is 0.137 e. The second-order valence-corrected chi connectivity index (χ2v) is 10.4. The van der Waals surface area contributed by atoms with Crippen LogP contribution in [0.25, 0.3) is 5.69 Å². The van der Waals surface area contributed by atoms with Gasteiger partial charge in [0.15, 0.2) is 0 Å². The minimum atomic E-state index is -0.222. The van der Waals surface area contributed by atoms with Crippen LogP contribution >= 0.6 is 11.3 Å². The fraction of sp³-hybridized carbons (Fsp3) is 0.519. The summed E-state index contributed by atoms with van der Waals surface area (Å²) in [6.45, 7) is 18.1. The predicted octanol–water partition coefficient (Wildman–Crippen LogP) is 5.63. The molecule has 1 aliphatic rings. The molecule has 5 nitrogen and oxygen atoms in total. The number of piperazine rings is 1. The Morgan fingerprint density at radius 2 is 1.74 bits per heavy atom. The van der Waals surface area contributed by atoms with Crippen molar-refractivity contribution in [2.24, 2.45) is 0 Å². The third kappa shape index (κ3) is 5.37. The van der Waals surface area contributed by atoms with Crippen LogP contribution in [0.5, 0.6) is 0 Å². The van der Waals surface area contributed by atoms with Gasteiger partial charge in [-0.3, -0.25) is 4.90 Å². The quantitative estimate of drug-likeness (QED) is 0.394. The summed E-state index contributed by atoms with van der Waals surface area (Å²) >= 11 is 1.84. The molecule has 0 radical (unpaired) electrons. The second kappa shape index (κ2) is 11.0. The standard InChI is InChI=1S/C27H38FN5S/c1-6-21(4)32(19-26-20(3)12-17-34-26)18-25-22(5)29-33(24-10-8-23(28)9-11-24)27(25)31-15-13-30(7-2)14-16-31/h8-12,17,21H,6-7,13-16,18-19H2,1-5H3. The van der Waals surface area contributed by atoms with E-state index >= 15 is 0 Å². The van der Waals surface area contributed by atoms with Crippen LogP contribution in [-0.4, -0.2) is 58.3 Å². The lowest BCUT2D eigenvalue weighted by atomic mass is 10.1. The van der Waals surface area contributed by atoms with Crippen LogP contribution in [0.1, 0.15) is 48.9 Å². The highest BCUT2D eigenvalue weighted by Crippen LogP contribution is 2.31. The summed E-state index contributed by atoms with van der Waals surface area (Å²) in [6.07, 6.45) is 1.10. The van der Waals surface area contributed by atoms with E-state index in [2.05, 4.69) is 60.8 Å². The molecule has 4 rings (SSSR count). The van der Waals surface area contributed by atoms with E-state index in [1.54, 1.807) is 0 Å². The molecule has 3 aromatic rings. The van der Waals surface area contributed by atoms with Crippen molar-refractivity contribution in [3.63, 3.8) is 0 Å². The van der Waals surface area contributed by atoms with E-state index in [0.717, 1.165) is 69.4 Å². The molecular formula is C27H38FN5S. The van der Waals surface area contributed by atoms with Gasteiger partial charge in [0.2, 0.25) is 0 Å². The van der Waals surface area contributed by atoms with Gasteiger partial charge in [0.05, 0.1) is 11.4 Å². The Bertz CT molecular complexity index is 1070. The van der Waals surface area contributed by atoms with Gasteiger partial charge in [0.1, 0.15) is 11.6 Å². The molecular weight excluding hydrogens is 445 g/mol. The van der Waals surface area contributed by atoms with Gasteiger partial charge in [-0.15, -0.1) is 11.3 Å². The summed E-state index contributed by atoms with van der Waals surface area (Å²) in [5, 5.41) is 7.18. The third-order valence-electron chi connectivity index (χ3n) is 7.24. The van der Waals surface area contributed by atoms with E-state index in [0.29, 0.717) is 6.04 Å². The van der Waals surface area contributed by atoms with Gasteiger partial charge in [0.25, 0.3) is 0 Å². The maximum absolute atomic E-state index is 13.7. The number of anilines is 1. The Kier molecular flexibility index (Phi) is 8.06. The number of hydrogen-bond acceptors (Lipinski definition) is 5. The SMILES string of the molecule is CCC(C)N(Cc1sccc1C)Cc1c(C)nn(-c2ccc(F)cc2)c1N1CCN(CC)CC1. The van der Waals surface area contributed by atoms with Gasteiger partial charge < -0.3 is 9.80 Å². The number of nitrogens with zero attached hydrogens (tertiary/aromatic N) is 5. The van der Waals surface area contributed by atoms with Crippen molar-refractivity contribution in [3.05, 3.63) is 63.2 Å². The van der Waals surface area contributed by atoms with Gasteiger partial charge in [-0.1, -0.05) is 13.8 Å². The number of thiophene rings is 1. The van der Waals surface area contributed by atoms with E-state index in [1.807, 2.05) is 28.2 Å². The third-order valence-corrected chi connectivity index (χ3v) is 8.25. The molecule has 0 bridgehead atoms. The van der Waals surface area contributed by atoms with Crippen LogP contribution < -0.4 is 4.90 Å². The second-order valence-electron chi connectivity index (χ2n) is 9.39. The molecule has 0 amide bonds. The lowest BCUT2D eigenvalue weighted by Gasteiger charge is -2.37. The largest absolute Gasteiger partial charge is 0.354 e. The number of benzene rings is 1. The van der Waals surface area contributed by atoms with Crippen LogP contribution in [0.3, 0.4) is 0 Å². The summed E-state index contributed by atoms with van der Waals surface area (Å²) in [5.74, 6) is 0.941. The number of rotatable bonds is 9. The van der Waals surface area contributed by atoms with E-state index < -0.39 is 0 Å². The van der Waals surface area contributed by atoms with E-state index in [1.165, 1.54) is 28.1 Å². The van der Waals surface area contributed by atoms with Crippen molar-refractivity contribution < 1.29 is 4.39 Å². The van der Waals surface area contributed by atoms with Crippen molar-refractivity contribution in [1.29, 1.82) is 0 Å². The Labute approximate surface area is 207 Å². The molecule has 0 saturated carbocycles. The average Bonchev–Trinajstić information content (AvgIpc) is 3.41. The molecule has 1 unspecified atom stereocenters. The van der Waals surface area contributed by atoms with Gasteiger partial charge in [0, 0.05) is 55.8 Å². The first-order valence-corrected chi connectivity index (χ1v) is 13.4. The van der Waals surface area contributed by atoms with Crippen molar-refractivity contribution in [3.8, 4) is 5.69 Å². The number of aromatic nitrogens is 2. The van der Waals surface area contributed by atoms with Crippen molar-refractivity contribution in [2.75, 3.05) is 37.6 Å². The molecule has 0 spiro atoms. The highest BCUT2D eigenvalue weighted by atomic mass is 32.1. The Morgan fingerprint density at radius 3 is 2.32 bits per heavy atom. The first-order valence-electron chi connectivity index (χ1n) is 12.5. The van der Waals surface area contributed by atoms with E-state index in [9.17, 15) is 4.39 Å². The molecule has 7 heteroatoms. The molecule has 0 aliphatic carbocycles. The summed E-state index contributed by atoms with van der Waals surface area (Å²) in [4.78, 5) is 8.99. The molecule has 34 heavy (non-hydrogen) atoms. The number of likely N-dealkylation sites (N-methyl/N-ethyl adjacent to an activating group) is 1. The normalized spacial score (nSPS) is 15.9. The van der Waals surface area contributed by atoms with Crippen LogP contribution in [-0.2, 0) is 13.1 Å². The van der Waals surface area contributed by atoms with Crippen LogP contribution in [0.2, 0.25) is 0 Å². The summed E-state index contributed by atoms with van der Waals surface area (Å²) in [5.41, 5.74) is 4.61. The van der Waals surface area contributed by atoms with Gasteiger partial charge >= 0.3 is 0 Å². The van der Waals surface area contributed by atoms with Gasteiger partial charge in [-0.25, -0.2) is 9.07 Å². The average molecular weight is 484 g/mol. The van der Waals surface area contributed by atoms with E-state index in [4.69, 9.17) is 5.10 Å². The van der Waals surface area contributed by atoms with Crippen LogP contribution in [0.15, 0.2) is 35.7 Å². The minimum absolute atomic E-state index is 0.222. The van der Waals surface area contributed by atoms with Gasteiger partial charge in [-0.2, -0.15) is 5.10 Å². The highest BCUT2D eigenvalue weighted by Gasteiger charge is 2.27.